The number of rotatable bonds is 7. The van der Waals surface area contributed by atoms with Crippen LogP contribution in [0.4, 0.5) is 11.5 Å². The van der Waals surface area contributed by atoms with Gasteiger partial charge in [0.2, 0.25) is 11.8 Å². The maximum atomic E-state index is 13.9. The number of carbonyl (C=O) groups excluding carboxylic acids is 2. The summed E-state index contributed by atoms with van der Waals surface area (Å²) in [6, 6.07) is 34.2. The van der Waals surface area contributed by atoms with Gasteiger partial charge in [-0.15, -0.1) is 11.8 Å². The largest absolute Gasteiger partial charge is 0.496 e. The molecule has 1 unspecified atom stereocenters. The van der Waals surface area contributed by atoms with Crippen molar-refractivity contribution in [2.45, 2.75) is 5.25 Å². The van der Waals surface area contributed by atoms with Gasteiger partial charge in [-0.3, -0.25) is 14.5 Å². The minimum atomic E-state index is -0.325. The van der Waals surface area contributed by atoms with Gasteiger partial charge in [0.25, 0.3) is 0 Å². The normalized spacial score (nSPS) is 14.7. The average Bonchev–Trinajstić information content (AvgIpc) is 3.34. The Kier molecular flexibility index (Phi) is 7.99. The second-order valence-electron chi connectivity index (χ2n) is 9.64. The van der Waals surface area contributed by atoms with Gasteiger partial charge in [-0.05, 0) is 30.3 Å². The van der Waals surface area contributed by atoms with Crippen LogP contribution in [0.25, 0.3) is 16.9 Å². The van der Waals surface area contributed by atoms with Gasteiger partial charge < -0.3 is 10.1 Å². The number of benzene rings is 4. The number of hydrogen-bond acceptors (Lipinski definition) is 5. The number of ether oxygens (including phenoxy) is 1. The Bertz CT molecular complexity index is 1740. The molecular formula is C33H27ClN4O3S. The fourth-order valence-corrected chi connectivity index (χ4v) is 6.55. The van der Waals surface area contributed by atoms with Crippen molar-refractivity contribution in [2.75, 3.05) is 29.6 Å². The summed E-state index contributed by atoms with van der Waals surface area (Å²) in [7, 11) is 1.64. The number of thioether (sulfide) groups is 1. The molecule has 0 saturated heterocycles. The van der Waals surface area contributed by atoms with Crippen molar-refractivity contribution < 1.29 is 14.3 Å². The van der Waals surface area contributed by atoms with Crippen LogP contribution in [0.15, 0.2) is 109 Å². The number of anilines is 2. The van der Waals surface area contributed by atoms with Crippen molar-refractivity contribution in [2.24, 2.45) is 0 Å². The number of halogens is 1. The third-order valence-corrected chi connectivity index (χ3v) is 8.55. The van der Waals surface area contributed by atoms with Gasteiger partial charge in [-0.25, -0.2) is 4.68 Å². The molecule has 1 N–H and O–H groups in total. The highest BCUT2D eigenvalue weighted by Gasteiger charge is 2.38. The second-order valence-corrected chi connectivity index (χ2v) is 11.1. The third kappa shape index (κ3) is 5.38. The van der Waals surface area contributed by atoms with Crippen LogP contribution < -0.4 is 15.0 Å². The van der Waals surface area contributed by atoms with Crippen molar-refractivity contribution in [1.29, 1.82) is 0 Å². The van der Waals surface area contributed by atoms with E-state index in [0.29, 0.717) is 33.7 Å². The molecule has 4 aromatic carbocycles. The number of aromatic nitrogens is 2. The molecular weight excluding hydrogens is 568 g/mol. The number of carbonyl (C=O) groups is 2. The third-order valence-electron chi connectivity index (χ3n) is 7.00. The van der Waals surface area contributed by atoms with Gasteiger partial charge in [-0.1, -0.05) is 90.5 Å². The average molecular weight is 595 g/mol. The SMILES string of the molecule is COc1ccccc1C1SCC(=O)N(CC(=O)Nc2ccccc2)c2c1c(-c1ccccc1)nn2-c1ccccc1Cl. The maximum absolute atomic E-state index is 13.9. The smallest absolute Gasteiger partial charge is 0.244 e. The zero-order chi connectivity index (χ0) is 29.1. The first-order valence-corrected chi connectivity index (χ1v) is 14.8. The standard InChI is InChI=1S/C33H27ClN4O3S/c1-41-27-19-11-8-16-24(27)32-30-31(22-12-4-2-5-13-22)36-38(26-18-10-9-17-25(26)34)33(30)37(29(40)21-42-32)20-28(39)35-23-14-6-3-7-15-23/h2-19,32H,20-21H2,1H3,(H,35,39). The lowest BCUT2D eigenvalue weighted by molar-refractivity contribution is -0.120. The molecule has 2 heterocycles. The van der Waals surface area contributed by atoms with Crippen molar-refractivity contribution in [3.8, 4) is 22.7 Å². The Hall–Kier alpha value is -4.53. The Morgan fingerprint density at radius 1 is 0.952 bits per heavy atom. The molecule has 1 aromatic heterocycles. The lowest BCUT2D eigenvalue weighted by Crippen LogP contribution is -2.40. The van der Waals surface area contributed by atoms with Crippen LogP contribution in [0.1, 0.15) is 16.4 Å². The minimum Gasteiger partial charge on any atom is -0.496 e. The number of methoxy groups -OCH3 is 1. The van der Waals surface area contributed by atoms with Crippen LogP contribution in [-0.2, 0) is 9.59 Å². The van der Waals surface area contributed by atoms with Crippen LogP contribution in [0, 0.1) is 0 Å². The Morgan fingerprint density at radius 2 is 1.62 bits per heavy atom. The van der Waals surface area contributed by atoms with Gasteiger partial charge in [0.05, 0.1) is 34.5 Å². The van der Waals surface area contributed by atoms with Crippen molar-refractivity contribution in [3.63, 3.8) is 0 Å². The fraction of sp³-hybridized carbons (Fsp3) is 0.121. The van der Waals surface area contributed by atoms with Crippen LogP contribution in [0.2, 0.25) is 5.02 Å². The number of amides is 2. The summed E-state index contributed by atoms with van der Waals surface area (Å²) in [6.45, 7) is -0.204. The predicted molar refractivity (Wildman–Crippen MR) is 169 cm³/mol. The molecule has 0 radical (unpaired) electrons. The van der Waals surface area contributed by atoms with E-state index in [2.05, 4.69) is 5.32 Å². The van der Waals surface area contributed by atoms with Crippen molar-refractivity contribution in [3.05, 3.63) is 125 Å². The molecule has 0 aliphatic carbocycles. The first kappa shape index (κ1) is 27.6. The molecule has 42 heavy (non-hydrogen) atoms. The molecule has 0 spiro atoms. The van der Waals surface area contributed by atoms with Gasteiger partial charge in [0.1, 0.15) is 18.1 Å². The summed E-state index contributed by atoms with van der Waals surface area (Å²) in [5.41, 5.74) is 4.53. The zero-order valence-electron chi connectivity index (χ0n) is 22.7. The van der Waals surface area contributed by atoms with Gasteiger partial charge in [0, 0.05) is 22.4 Å². The van der Waals surface area contributed by atoms with Crippen molar-refractivity contribution in [1.82, 2.24) is 9.78 Å². The number of nitrogens with one attached hydrogen (secondary N) is 1. The highest BCUT2D eigenvalue weighted by Crippen LogP contribution is 2.50. The van der Waals surface area contributed by atoms with E-state index in [4.69, 9.17) is 21.4 Å². The van der Waals surface area contributed by atoms with E-state index in [9.17, 15) is 9.59 Å². The number of para-hydroxylation sites is 3. The second kappa shape index (κ2) is 12.1. The van der Waals surface area contributed by atoms with Crippen LogP contribution in [-0.4, -0.2) is 41.0 Å². The highest BCUT2D eigenvalue weighted by molar-refractivity contribution is 8.00. The van der Waals surface area contributed by atoms with Gasteiger partial charge in [0.15, 0.2) is 0 Å². The van der Waals surface area contributed by atoms with E-state index in [1.807, 2.05) is 103 Å². The van der Waals surface area contributed by atoms with Gasteiger partial charge >= 0.3 is 0 Å². The quantitative estimate of drug-likeness (QED) is 0.219. The molecule has 1 atom stereocenters. The maximum Gasteiger partial charge on any atom is 0.244 e. The van der Waals surface area contributed by atoms with Gasteiger partial charge in [-0.2, -0.15) is 5.10 Å². The van der Waals surface area contributed by atoms with Crippen molar-refractivity contribution >= 4 is 46.7 Å². The Morgan fingerprint density at radius 3 is 2.36 bits per heavy atom. The van der Waals surface area contributed by atoms with Crippen LogP contribution in [0.5, 0.6) is 5.75 Å². The molecule has 9 heteroatoms. The van der Waals surface area contributed by atoms with E-state index in [1.165, 1.54) is 16.7 Å². The molecule has 0 fully saturated rings. The summed E-state index contributed by atoms with van der Waals surface area (Å²) in [6.07, 6.45) is 0. The topological polar surface area (TPSA) is 76.5 Å². The predicted octanol–water partition coefficient (Wildman–Crippen LogP) is 7.01. The molecule has 0 saturated carbocycles. The lowest BCUT2D eigenvalue weighted by atomic mass is 9.99. The number of hydrogen-bond donors (Lipinski definition) is 1. The highest BCUT2D eigenvalue weighted by atomic mass is 35.5. The minimum absolute atomic E-state index is 0.146. The van der Waals surface area contributed by atoms with E-state index >= 15 is 0 Å². The zero-order valence-corrected chi connectivity index (χ0v) is 24.3. The Labute approximate surface area is 253 Å². The summed E-state index contributed by atoms with van der Waals surface area (Å²) in [5, 5.41) is 8.15. The first-order valence-electron chi connectivity index (χ1n) is 13.4. The molecule has 5 aromatic rings. The van der Waals surface area contributed by atoms with E-state index in [0.717, 1.165) is 16.7 Å². The summed E-state index contributed by atoms with van der Waals surface area (Å²) < 4.78 is 7.47. The summed E-state index contributed by atoms with van der Waals surface area (Å²) >= 11 is 8.21. The monoisotopic (exact) mass is 594 g/mol. The van der Waals surface area contributed by atoms with Crippen LogP contribution in [0.3, 0.4) is 0 Å². The first-order chi connectivity index (χ1) is 20.5. The molecule has 210 valence electrons. The molecule has 2 amide bonds. The summed E-state index contributed by atoms with van der Waals surface area (Å²) in [5.74, 6) is 0.806. The molecule has 0 bridgehead atoms. The van der Waals surface area contributed by atoms with Crippen LogP contribution >= 0.6 is 23.4 Å². The van der Waals surface area contributed by atoms with E-state index in [-0.39, 0.29) is 29.4 Å². The lowest BCUT2D eigenvalue weighted by Gasteiger charge is -2.24. The summed E-state index contributed by atoms with van der Waals surface area (Å²) in [4.78, 5) is 28.9. The van der Waals surface area contributed by atoms with E-state index < -0.39 is 0 Å². The van der Waals surface area contributed by atoms with E-state index in [1.54, 1.807) is 17.9 Å². The molecule has 6 rings (SSSR count). The molecule has 1 aliphatic heterocycles. The number of nitrogens with zero attached hydrogens (tertiary/aromatic N) is 3. The molecule has 1 aliphatic rings. The fourth-order valence-electron chi connectivity index (χ4n) is 5.11. The molecule has 7 nitrogen and oxygen atoms in total. The Balaban J connectivity index is 1.60. The number of fused-ring (bicyclic) bond motifs is 1.